The van der Waals surface area contributed by atoms with E-state index in [9.17, 15) is 0 Å². The Morgan fingerprint density at radius 3 is 2.33 bits per heavy atom. The van der Waals surface area contributed by atoms with Crippen LogP contribution in [0.4, 0.5) is 0 Å². The summed E-state index contributed by atoms with van der Waals surface area (Å²) >= 11 is 0. The highest BCUT2D eigenvalue weighted by atomic mass is 16.5. The highest BCUT2D eigenvalue weighted by Crippen LogP contribution is 2.40. The zero-order valence-electron chi connectivity index (χ0n) is 12.1. The van der Waals surface area contributed by atoms with Gasteiger partial charge in [0.2, 0.25) is 0 Å². The van der Waals surface area contributed by atoms with E-state index in [4.69, 9.17) is 10.6 Å². The molecule has 106 valence electrons. The van der Waals surface area contributed by atoms with Gasteiger partial charge in [-0.05, 0) is 43.9 Å². The van der Waals surface area contributed by atoms with E-state index in [1.807, 2.05) is 7.11 Å². The standard InChI is InChI=1S/C15H30N2O/c1-12-7-9-15(18-2,10-8-12)14(17-16)11-13-5-3-4-6-13/h12-14,17H,3-11,16H2,1-2H3. The Bertz CT molecular complexity index is 243. The molecule has 1 unspecified atom stereocenters. The molecule has 0 aliphatic heterocycles. The molecule has 2 saturated carbocycles. The van der Waals surface area contributed by atoms with Crippen LogP contribution in [-0.4, -0.2) is 18.8 Å². The van der Waals surface area contributed by atoms with E-state index in [0.717, 1.165) is 24.7 Å². The van der Waals surface area contributed by atoms with Crippen LogP contribution in [0.25, 0.3) is 0 Å². The zero-order valence-corrected chi connectivity index (χ0v) is 12.1. The molecule has 0 heterocycles. The van der Waals surface area contributed by atoms with Gasteiger partial charge in [0.05, 0.1) is 11.6 Å². The Labute approximate surface area is 112 Å². The maximum atomic E-state index is 5.95. The first kappa shape index (κ1) is 14.3. The van der Waals surface area contributed by atoms with Crippen LogP contribution < -0.4 is 11.3 Å². The van der Waals surface area contributed by atoms with Crippen LogP contribution in [0.3, 0.4) is 0 Å². The van der Waals surface area contributed by atoms with Crippen LogP contribution in [0.15, 0.2) is 0 Å². The van der Waals surface area contributed by atoms with E-state index in [2.05, 4.69) is 12.3 Å². The maximum Gasteiger partial charge on any atom is 0.0844 e. The third-order valence-corrected chi connectivity index (χ3v) is 5.41. The van der Waals surface area contributed by atoms with Crippen molar-refractivity contribution in [1.82, 2.24) is 5.43 Å². The van der Waals surface area contributed by atoms with E-state index >= 15 is 0 Å². The Morgan fingerprint density at radius 2 is 1.83 bits per heavy atom. The van der Waals surface area contributed by atoms with Gasteiger partial charge < -0.3 is 4.74 Å². The third kappa shape index (κ3) is 3.06. The van der Waals surface area contributed by atoms with Crippen molar-refractivity contribution in [2.24, 2.45) is 17.7 Å². The summed E-state index contributed by atoms with van der Waals surface area (Å²) in [6.45, 7) is 2.35. The van der Waals surface area contributed by atoms with Crippen molar-refractivity contribution >= 4 is 0 Å². The number of hydrogen-bond acceptors (Lipinski definition) is 3. The Hall–Kier alpha value is -0.120. The number of hydrogen-bond donors (Lipinski definition) is 2. The predicted molar refractivity (Wildman–Crippen MR) is 75.1 cm³/mol. The second kappa shape index (κ2) is 6.36. The van der Waals surface area contributed by atoms with Gasteiger partial charge in [-0.3, -0.25) is 11.3 Å². The first-order valence-electron chi connectivity index (χ1n) is 7.71. The highest BCUT2D eigenvalue weighted by Gasteiger charge is 2.42. The summed E-state index contributed by atoms with van der Waals surface area (Å²) in [5.41, 5.74) is 3.07. The number of nitrogens with one attached hydrogen (secondary N) is 1. The fourth-order valence-electron chi connectivity index (χ4n) is 3.96. The lowest BCUT2D eigenvalue weighted by atomic mass is 9.73. The Kier molecular flexibility index (Phi) is 5.05. The predicted octanol–water partition coefficient (Wildman–Crippen LogP) is 2.99. The minimum atomic E-state index is -0.0101. The molecular formula is C15H30N2O. The summed E-state index contributed by atoms with van der Waals surface area (Å²) in [5, 5.41) is 0. The van der Waals surface area contributed by atoms with Crippen molar-refractivity contribution in [2.45, 2.75) is 76.4 Å². The number of rotatable bonds is 5. The van der Waals surface area contributed by atoms with Gasteiger partial charge >= 0.3 is 0 Å². The smallest absolute Gasteiger partial charge is 0.0844 e. The van der Waals surface area contributed by atoms with Crippen molar-refractivity contribution in [3.05, 3.63) is 0 Å². The molecule has 0 aromatic heterocycles. The summed E-state index contributed by atoms with van der Waals surface area (Å²) < 4.78 is 5.95. The SMILES string of the molecule is COC1(C(CC2CCCC2)NN)CCC(C)CC1. The number of nitrogens with two attached hydrogens (primary N) is 1. The van der Waals surface area contributed by atoms with Gasteiger partial charge in [0.15, 0.2) is 0 Å². The van der Waals surface area contributed by atoms with Gasteiger partial charge in [-0.15, -0.1) is 0 Å². The van der Waals surface area contributed by atoms with Crippen molar-refractivity contribution in [1.29, 1.82) is 0 Å². The topological polar surface area (TPSA) is 47.3 Å². The molecule has 0 spiro atoms. The average molecular weight is 254 g/mol. The lowest BCUT2D eigenvalue weighted by Gasteiger charge is -2.44. The molecule has 0 bridgehead atoms. The minimum absolute atomic E-state index is 0.0101. The van der Waals surface area contributed by atoms with E-state index in [1.54, 1.807) is 0 Å². The Balaban J connectivity index is 1.98. The minimum Gasteiger partial charge on any atom is -0.377 e. The van der Waals surface area contributed by atoms with Crippen LogP contribution in [0.1, 0.15) is 64.7 Å². The molecule has 2 rings (SSSR count). The van der Waals surface area contributed by atoms with Gasteiger partial charge in [0, 0.05) is 7.11 Å². The molecule has 2 aliphatic rings. The number of hydrazine groups is 1. The van der Waals surface area contributed by atoms with Crippen LogP contribution in [0.5, 0.6) is 0 Å². The zero-order chi connectivity index (χ0) is 13.0. The van der Waals surface area contributed by atoms with Gasteiger partial charge in [0.25, 0.3) is 0 Å². The quantitative estimate of drug-likeness (QED) is 0.585. The van der Waals surface area contributed by atoms with Crippen LogP contribution in [0.2, 0.25) is 0 Å². The molecule has 0 radical (unpaired) electrons. The molecule has 3 nitrogen and oxygen atoms in total. The first-order valence-corrected chi connectivity index (χ1v) is 7.71. The molecular weight excluding hydrogens is 224 g/mol. The largest absolute Gasteiger partial charge is 0.377 e. The first-order chi connectivity index (χ1) is 8.70. The van der Waals surface area contributed by atoms with Gasteiger partial charge in [-0.2, -0.15) is 0 Å². The van der Waals surface area contributed by atoms with Gasteiger partial charge in [0.1, 0.15) is 0 Å². The summed E-state index contributed by atoms with van der Waals surface area (Å²) in [5.74, 6) is 7.55. The van der Waals surface area contributed by atoms with E-state index in [1.165, 1.54) is 44.9 Å². The molecule has 0 saturated heterocycles. The maximum absolute atomic E-state index is 5.95. The van der Waals surface area contributed by atoms with Crippen molar-refractivity contribution < 1.29 is 4.74 Å². The van der Waals surface area contributed by atoms with Gasteiger partial charge in [-0.25, -0.2) is 0 Å². The van der Waals surface area contributed by atoms with Crippen LogP contribution in [-0.2, 0) is 4.74 Å². The highest BCUT2D eigenvalue weighted by molar-refractivity contribution is 4.96. The summed E-state index contributed by atoms with van der Waals surface area (Å²) in [6.07, 6.45) is 11.6. The molecule has 2 aliphatic carbocycles. The Morgan fingerprint density at radius 1 is 1.22 bits per heavy atom. The van der Waals surface area contributed by atoms with E-state index < -0.39 is 0 Å². The molecule has 0 amide bonds. The second-order valence-electron chi connectivity index (χ2n) is 6.56. The van der Waals surface area contributed by atoms with E-state index in [-0.39, 0.29) is 5.60 Å². The molecule has 0 aromatic rings. The van der Waals surface area contributed by atoms with Crippen LogP contribution >= 0.6 is 0 Å². The number of ether oxygens (including phenoxy) is 1. The van der Waals surface area contributed by atoms with Crippen LogP contribution in [0, 0.1) is 11.8 Å². The lowest BCUT2D eigenvalue weighted by molar-refractivity contribution is -0.0795. The molecule has 18 heavy (non-hydrogen) atoms. The third-order valence-electron chi connectivity index (χ3n) is 5.41. The summed E-state index contributed by atoms with van der Waals surface area (Å²) in [7, 11) is 1.87. The fourth-order valence-corrected chi connectivity index (χ4v) is 3.96. The summed E-state index contributed by atoms with van der Waals surface area (Å²) in [6, 6.07) is 0.332. The lowest BCUT2D eigenvalue weighted by Crippen LogP contribution is -2.56. The monoisotopic (exact) mass is 254 g/mol. The molecule has 2 fully saturated rings. The average Bonchev–Trinajstić information content (AvgIpc) is 2.90. The second-order valence-corrected chi connectivity index (χ2v) is 6.56. The number of methoxy groups -OCH3 is 1. The molecule has 0 aromatic carbocycles. The molecule has 3 heteroatoms. The van der Waals surface area contributed by atoms with Crippen molar-refractivity contribution in [3.63, 3.8) is 0 Å². The molecule has 3 N–H and O–H groups in total. The van der Waals surface area contributed by atoms with E-state index in [0.29, 0.717) is 6.04 Å². The summed E-state index contributed by atoms with van der Waals surface area (Å²) in [4.78, 5) is 0. The fraction of sp³-hybridized carbons (Fsp3) is 1.00. The normalized spacial score (nSPS) is 35.8. The molecule has 1 atom stereocenters. The van der Waals surface area contributed by atoms with Crippen molar-refractivity contribution in [2.75, 3.05) is 7.11 Å². The van der Waals surface area contributed by atoms with Crippen molar-refractivity contribution in [3.8, 4) is 0 Å². The van der Waals surface area contributed by atoms with Gasteiger partial charge in [-0.1, -0.05) is 32.6 Å².